The molecule has 0 unspecified atom stereocenters. The lowest BCUT2D eigenvalue weighted by Crippen LogP contribution is -2.18. The van der Waals surface area contributed by atoms with Gasteiger partial charge in [0, 0.05) is 26.2 Å². The lowest BCUT2D eigenvalue weighted by atomic mass is 10.1. The number of carbonyl (C=O) groups is 1. The van der Waals surface area contributed by atoms with Gasteiger partial charge in [0.1, 0.15) is 19.0 Å². The summed E-state index contributed by atoms with van der Waals surface area (Å²) in [7, 11) is 3.69. The number of hydrogen-bond donors (Lipinski definition) is 1. The van der Waals surface area contributed by atoms with Gasteiger partial charge in [-0.3, -0.25) is 0 Å². The summed E-state index contributed by atoms with van der Waals surface area (Å²) < 4.78 is 10.8. The number of amidine groups is 1. The van der Waals surface area contributed by atoms with Crippen LogP contribution in [0.1, 0.15) is 17.3 Å². The Labute approximate surface area is 111 Å². The van der Waals surface area contributed by atoms with Crippen LogP contribution in [0.5, 0.6) is 11.5 Å². The van der Waals surface area contributed by atoms with Crippen molar-refractivity contribution >= 4 is 17.5 Å². The van der Waals surface area contributed by atoms with Crippen LogP contribution in [0.2, 0.25) is 0 Å². The first kappa shape index (κ1) is 13.2. The molecule has 0 amide bonds. The first-order valence-corrected chi connectivity index (χ1v) is 5.88. The van der Waals surface area contributed by atoms with Crippen molar-refractivity contribution in [3.05, 3.63) is 17.7 Å². The standard InChI is InChI=1S/C13H16N2O4/c1-8(15(2)3)14-10-7-12-11(18-4-5-19-12)6-9(10)13(16)17/h6-7H,4-5H2,1-3H3,(H,16,17). The van der Waals surface area contributed by atoms with Crippen LogP contribution in [0.15, 0.2) is 17.1 Å². The fourth-order valence-electron chi connectivity index (χ4n) is 1.62. The number of carboxylic acid groups (broad SMARTS) is 1. The van der Waals surface area contributed by atoms with E-state index in [1.54, 1.807) is 6.07 Å². The van der Waals surface area contributed by atoms with Crippen molar-refractivity contribution in [1.82, 2.24) is 4.90 Å². The first-order chi connectivity index (χ1) is 8.99. The Morgan fingerprint density at radius 1 is 1.26 bits per heavy atom. The molecule has 0 aliphatic carbocycles. The van der Waals surface area contributed by atoms with Crippen LogP contribution < -0.4 is 9.47 Å². The molecule has 0 bridgehead atoms. The fourth-order valence-corrected chi connectivity index (χ4v) is 1.62. The minimum atomic E-state index is -1.04. The van der Waals surface area contributed by atoms with E-state index in [9.17, 15) is 9.90 Å². The van der Waals surface area contributed by atoms with Crippen molar-refractivity contribution in [3.63, 3.8) is 0 Å². The van der Waals surface area contributed by atoms with Crippen molar-refractivity contribution in [1.29, 1.82) is 0 Å². The molecule has 6 heteroatoms. The second-order valence-corrected chi connectivity index (χ2v) is 4.37. The molecule has 19 heavy (non-hydrogen) atoms. The summed E-state index contributed by atoms with van der Waals surface area (Å²) in [6.07, 6.45) is 0. The van der Waals surface area contributed by atoms with Gasteiger partial charge in [0.05, 0.1) is 11.3 Å². The summed E-state index contributed by atoms with van der Waals surface area (Å²) >= 11 is 0. The molecule has 1 aliphatic rings. The van der Waals surface area contributed by atoms with Crippen molar-refractivity contribution in [2.45, 2.75) is 6.92 Å². The van der Waals surface area contributed by atoms with Gasteiger partial charge in [0.25, 0.3) is 0 Å². The fraction of sp³-hybridized carbons (Fsp3) is 0.385. The number of nitrogens with zero attached hydrogens (tertiary/aromatic N) is 2. The molecular weight excluding hydrogens is 248 g/mol. The number of benzene rings is 1. The molecule has 0 saturated carbocycles. The summed E-state index contributed by atoms with van der Waals surface area (Å²) in [5.41, 5.74) is 0.466. The van der Waals surface area contributed by atoms with Crippen LogP contribution in [0.3, 0.4) is 0 Å². The van der Waals surface area contributed by atoms with Gasteiger partial charge in [-0.1, -0.05) is 0 Å². The maximum atomic E-state index is 11.3. The number of fused-ring (bicyclic) bond motifs is 1. The zero-order valence-corrected chi connectivity index (χ0v) is 11.1. The second-order valence-electron chi connectivity index (χ2n) is 4.37. The van der Waals surface area contributed by atoms with Crippen molar-refractivity contribution in [2.24, 2.45) is 4.99 Å². The number of aliphatic imine (C=N–C) groups is 1. The highest BCUT2D eigenvalue weighted by Crippen LogP contribution is 2.37. The molecule has 1 aromatic carbocycles. The Morgan fingerprint density at radius 2 is 1.84 bits per heavy atom. The van der Waals surface area contributed by atoms with Crippen LogP contribution in [-0.2, 0) is 0 Å². The largest absolute Gasteiger partial charge is 0.486 e. The van der Waals surface area contributed by atoms with Gasteiger partial charge >= 0.3 is 5.97 Å². The highest BCUT2D eigenvalue weighted by atomic mass is 16.6. The summed E-state index contributed by atoms with van der Waals surface area (Å²) in [4.78, 5) is 17.4. The van der Waals surface area contributed by atoms with Gasteiger partial charge in [-0.15, -0.1) is 0 Å². The molecule has 1 N–H and O–H groups in total. The van der Waals surface area contributed by atoms with E-state index in [-0.39, 0.29) is 5.56 Å². The van der Waals surface area contributed by atoms with Crippen molar-refractivity contribution in [3.8, 4) is 11.5 Å². The van der Waals surface area contributed by atoms with E-state index in [0.717, 1.165) is 0 Å². The summed E-state index contributed by atoms with van der Waals surface area (Å²) in [6.45, 7) is 2.68. The topological polar surface area (TPSA) is 71.4 Å². The third-order valence-electron chi connectivity index (χ3n) is 2.82. The van der Waals surface area contributed by atoms with Gasteiger partial charge in [-0.05, 0) is 6.92 Å². The Bertz CT molecular complexity index is 538. The maximum Gasteiger partial charge on any atom is 0.338 e. The zero-order valence-electron chi connectivity index (χ0n) is 11.1. The Hall–Kier alpha value is -2.24. The summed E-state index contributed by atoms with van der Waals surface area (Å²) in [5.74, 6) is 0.646. The summed E-state index contributed by atoms with van der Waals surface area (Å²) in [5, 5.41) is 9.24. The van der Waals surface area contributed by atoms with Crippen LogP contribution in [0.4, 0.5) is 5.69 Å². The quantitative estimate of drug-likeness (QED) is 0.651. The van der Waals surface area contributed by atoms with E-state index in [2.05, 4.69) is 4.99 Å². The van der Waals surface area contributed by atoms with Gasteiger partial charge in [-0.2, -0.15) is 0 Å². The van der Waals surface area contributed by atoms with E-state index in [4.69, 9.17) is 9.47 Å². The number of hydrogen-bond acceptors (Lipinski definition) is 4. The lowest BCUT2D eigenvalue weighted by molar-refractivity contribution is 0.0696. The summed E-state index contributed by atoms with van der Waals surface area (Å²) in [6, 6.07) is 3.06. The normalized spacial score (nSPS) is 14.2. The molecule has 0 fully saturated rings. The average molecular weight is 264 g/mol. The number of rotatable bonds is 2. The molecule has 2 rings (SSSR count). The smallest absolute Gasteiger partial charge is 0.338 e. The second kappa shape index (κ2) is 5.17. The Kier molecular flexibility index (Phi) is 3.59. The molecule has 102 valence electrons. The van der Waals surface area contributed by atoms with Crippen LogP contribution in [0, 0.1) is 0 Å². The lowest BCUT2D eigenvalue weighted by Gasteiger charge is -2.20. The van der Waals surface area contributed by atoms with Crippen LogP contribution in [-0.4, -0.2) is 49.1 Å². The third kappa shape index (κ3) is 2.78. The average Bonchev–Trinajstić information content (AvgIpc) is 2.37. The highest BCUT2D eigenvalue weighted by molar-refractivity contribution is 5.96. The van der Waals surface area contributed by atoms with Gasteiger partial charge < -0.3 is 19.5 Å². The van der Waals surface area contributed by atoms with E-state index >= 15 is 0 Å². The van der Waals surface area contributed by atoms with Crippen LogP contribution in [0.25, 0.3) is 0 Å². The molecule has 1 aromatic rings. The van der Waals surface area contributed by atoms with E-state index in [0.29, 0.717) is 36.2 Å². The highest BCUT2D eigenvalue weighted by Gasteiger charge is 2.19. The Balaban J connectivity index is 2.52. The predicted molar refractivity (Wildman–Crippen MR) is 70.8 cm³/mol. The van der Waals surface area contributed by atoms with Gasteiger partial charge in [0.15, 0.2) is 11.5 Å². The maximum absolute atomic E-state index is 11.3. The predicted octanol–water partition coefficient (Wildman–Crippen LogP) is 1.77. The monoisotopic (exact) mass is 264 g/mol. The minimum Gasteiger partial charge on any atom is -0.486 e. The van der Waals surface area contributed by atoms with E-state index in [1.165, 1.54) is 6.07 Å². The molecular formula is C13H16N2O4. The third-order valence-corrected chi connectivity index (χ3v) is 2.82. The van der Waals surface area contributed by atoms with E-state index < -0.39 is 5.97 Å². The minimum absolute atomic E-state index is 0.102. The molecule has 0 spiro atoms. The number of aromatic carboxylic acids is 1. The van der Waals surface area contributed by atoms with E-state index in [1.807, 2.05) is 25.9 Å². The Morgan fingerprint density at radius 3 is 2.37 bits per heavy atom. The van der Waals surface area contributed by atoms with Gasteiger partial charge in [-0.25, -0.2) is 9.79 Å². The molecule has 1 heterocycles. The number of ether oxygens (including phenoxy) is 2. The zero-order chi connectivity index (χ0) is 14.0. The van der Waals surface area contributed by atoms with Crippen LogP contribution >= 0.6 is 0 Å². The van der Waals surface area contributed by atoms with Crippen molar-refractivity contribution in [2.75, 3.05) is 27.3 Å². The molecule has 0 atom stereocenters. The molecule has 0 saturated heterocycles. The molecule has 1 aliphatic heterocycles. The SMILES string of the molecule is CC(=Nc1cc2c(cc1C(=O)O)OCCO2)N(C)C. The number of carboxylic acids is 1. The molecule has 0 radical (unpaired) electrons. The first-order valence-electron chi connectivity index (χ1n) is 5.88. The molecule has 6 nitrogen and oxygen atoms in total. The van der Waals surface area contributed by atoms with Crippen molar-refractivity contribution < 1.29 is 19.4 Å². The van der Waals surface area contributed by atoms with Gasteiger partial charge in [0.2, 0.25) is 0 Å². The molecule has 0 aromatic heterocycles.